The zero-order valence-electron chi connectivity index (χ0n) is 22.9. The molecule has 2 heterocycles. The van der Waals surface area contributed by atoms with Crippen LogP contribution in [-0.4, -0.2) is 59.2 Å². The second kappa shape index (κ2) is 11.7. The number of fused-ring (bicyclic) bond motifs is 3. The zero-order chi connectivity index (χ0) is 28.2. The van der Waals surface area contributed by atoms with Crippen LogP contribution in [0.15, 0.2) is 47.0 Å². The number of aromatic nitrogens is 1. The van der Waals surface area contributed by atoms with Crippen molar-refractivity contribution >= 4 is 17.8 Å². The lowest BCUT2D eigenvalue weighted by Gasteiger charge is -2.28. The standard InChI is InChI=1S/C30H35N3O6/c1-19-28(20(2)39-32-19)22-8-9-25-24(16-22)15-21-6-5-7-23(14-21)29(37)31-10-11-33(12-13-38-25)26(34)17-30(3,4)18-27(35)36/h5-9,14,16H,10-13,15,17-18H2,1-4H3,(H,31,37)(H,35,36). The van der Waals surface area contributed by atoms with Gasteiger partial charge in [-0.15, -0.1) is 0 Å². The SMILES string of the molecule is Cc1noc(C)c1-c1ccc2c(c1)Cc1cccc(c1)C(=O)NCCN(C(=O)CC(C)(C)CC(=O)O)CCO2. The van der Waals surface area contributed by atoms with Gasteiger partial charge in [0.25, 0.3) is 5.91 Å². The van der Waals surface area contributed by atoms with Gasteiger partial charge >= 0.3 is 5.97 Å². The molecule has 2 amide bonds. The van der Waals surface area contributed by atoms with Crippen LogP contribution in [0.5, 0.6) is 5.75 Å². The van der Waals surface area contributed by atoms with E-state index in [1.165, 1.54) is 0 Å². The molecular formula is C30H35N3O6. The monoisotopic (exact) mass is 533 g/mol. The molecule has 0 saturated carbocycles. The normalized spacial score (nSPS) is 14.6. The van der Waals surface area contributed by atoms with Gasteiger partial charge in [-0.25, -0.2) is 0 Å². The molecule has 4 rings (SSSR count). The van der Waals surface area contributed by atoms with E-state index in [9.17, 15) is 19.5 Å². The number of carbonyl (C=O) groups excluding carboxylic acids is 2. The van der Waals surface area contributed by atoms with Crippen LogP contribution in [0.4, 0.5) is 0 Å². The predicted octanol–water partition coefficient (Wildman–Crippen LogP) is 4.39. The maximum atomic E-state index is 13.2. The Morgan fingerprint density at radius 2 is 1.87 bits per heavy atom. The minimum Gasteiger partial charge on any atom is -0.491 e. The Morgan fingerprint density at radius 3 is 2.59 bits per heavy atom. The molecule has 0 spiro atoms. The van der Waals surface area contributed by atoms with Crippen molar-refractivity contribution in [3.05, 3.63) is 70.6 Å². The van der Waals surface area contributed by atoms with Gasteiger partial charge in [0.1, 0.15) is 18.1 Å². The number of benzene rings is 2. The lowest BCUT2D eigenvalue weighted by Crippen LogP contribution is -2.42. The Balaban J connectivity index is 1.64. The summed E-state index contributed by atoms with van der Waals surface area (Å²) in [5.74, 6) is 0.0822. The lowest BCUT2D eigenvalue weighted by atomic mass is 9.85. The van der Waals surface area contributed by atoms with Gasteiger partial charge in [-0.05, 0) is 60.2 Å². The van der Waals surface area contributed by atoms with Crippen molar-refractivity contribution in [2.45, 2.75) is 47.0 Å². The van der Waals surface area contributed by atoms with Gasteiger partial charge in [0.15, 0.2) is 0 Å². The van der Waals surface area contributed by atoms with E-state index in [0.717, 1.165) is 33.7 Å². The van der Waals surface area contributed by atoms with E-state index in [0.29, 0.717) is 24.3 Å². The van der Waals surface area contributed by atoms with Gasteiger partial charge in [-0.3, -0.25) is 14.4 Å². The van der Waals surface area contributed by atoms with Crippen molar-refractivity contribution in [3.8, 4) is 16.9 Å². The topological polar surface area (TPSA) is 122 Å². The Hall–Kier alpha value is -4.14. The van der Waals surface area contributed by atoms with Crippen LogP contribution in [0.1, 0.15) is 59.6 Å². The lowest BCUT2D eigenvalue weighted by molar-refractivity contribution is -0.140. The summed E-state index contributed by atoms with van der Waals surface area (Å²) in [6.45, 7) is 8.41. The Labute approximate surface area is 228 Å². The van der Waals surface area contributed by atoms with Crippen LogP contribution in [0.25, 0.3) is 11.1 Å². The highest BCUT2D eigenvalue weighted by atomic mass is 16.5. The molecule has 2 aromatic carbocycles. The van der Waals surface area contributed by atoms with Gasteiger partial charge < -0.3 is 24.6 Å². The number of hydrogen-bond donors (Lipinski definition) is 2. The van der Waals surface area contributed by atoms with E-state index >= 15 is 0 Å². The van der Waals surface area contributed by atoms with Crippen molar-refractivity contribution in [3.63, 3.8) is 0 Å². The summed E-state index contributed by atoms with van der Waals surface area (Å²) in [6, 6.07) is 13.4. The second-order valence-electron chi connectivity index (χ2n) is 10.8. The summed E-state index contributed by atoms with van der Waals surface area (Å²) in [7, 11) is 0. The Morgan fingerprint density at radius 1 is 1.08 bits per heavy atom. The number of aliphatic carboxylic acids is 1. The van der Waals surface area contributed by atoms with Crippen LogP contribution in [0.3, 0.4) is 0 Å². The third kappa shape index (κ3) is 7.04. The fourth-order valence-corrected chi connectivity index (χ4v) is 4.98. The average molecular weight is 534 g/mol. The van der Waals surface area contributed by atoms with Crippen molar-refractivity contribution in [2.24, 2.45) is 5.41 Å². The van der Waals surface area contributed by atoms with Crippen LogP contribution in [0.2, 0.25) is 0 Å². The molecule has 1 aliphatic heterocycles. The number of hydrogen-bond acceptors (Lipinski definition) is 6. The third-order valence-electron chi connectivity index (χ3n) is 6.86. The first-order valence-corrected chi connectivity index (χ1v) is 13.1. The molecular weight excluding hydrogens is 498 g/mol. The van der Waals surface area contributed by atoms with Crippen LogP contribution < -0.4 is 10.1 Å². The first-order valence-electron chi connectivity index (χ1n) is 13.1. The molecule has 0 atom stereocenters. The molecule has 1 aliphatic rings. The number of carboxylic acid groups (broad SMARTS) is 1. The van der Waals surface area contributed by atoms with E-state index in [2.05, 4.69) is 16.5 Å². The molecule has 1 aromatic heterocycles. The zero-order valence-corrected chi connectivity index (χ0v) is 22.9. The van der Waals surface area contributed by atoms with Gasteiger partial charge in [0.2, 0.25) is 5.91 Å². The summed E-state index contributed by atoms with van der Waals surface area (Å²) >= 11 is 0. The molecule has 2 N–H and O–H groups in total. The summed E-state index contributed by atoms with van der Waals surface area (Å²) in [6.07, 6.45) is 0.503. The van der Waals surface area contributed by atoms with Crippen LogP contribution >= 0.6 is 0 Å². The molecule has 0 saturated heterocycles. The highest BCUT2D eigenvalue weighted by molar-refractivity contribution is 5.94. The molecule has 39 heavy (non-hydrogen) atoms. The Kier molecular flexibility index (Phi) is 8.38. The second-order valence-corrected chi connectivity index (χ2v) is 10.8. The highest BCUT2D eigenvalue weighted by Gasteiger charge is 2.28. The number of nitrogens with one attached hydrogen (secondary N) is 1. The number of nitrogens with zero attached hydrogens (tertiary/aromatic N) is 2. The first-order chi connectivity index (χ1) is 18.5. The summed E-state index contributed by atoms with van der Waals surface area (Å²) < 4.78 is 11.6. The first kappa shape index (κ1) is 27.9. The molecule has 3 aromatic rings. The predicted molar refractivity (Wildman–Crippen MR) is 146 cm³/mol. The molecule has 0 radical (unpaired) electrons. The molecule has 206 valence electrons. The van der Waals surface area contributed by atoms with E-state index in [1.807, 2.05) is 44.2 Å². The maximum absolute atomic E-state index is 13.2. The van der Waals surface area contributed by atoms with Crippen molar-refractivity contribution < 1.29 is 28.8 Å². The van der Waals surface area contributed by atoms with Gasteiger partial charge in [0, 0.05) is 37.1 Å². The number of carboxylic acids is 1. The molecule has 0 unspecified atom stereocenters. The average Bonchev–Trinajstić information content (AvgIpc) is 3.20. The number of amides is 2. The van der Waals surface area contributed by atoms with Gasteiger partial charge in [0.05, 0.1) is 18.7 Å². The largest absolute Gasteiger partial charge is 0.491 e. The minimum absolute atomic E-state index is 0.0761. The quantitative estimate of drug-likeness (QED) is 0.499. The number of aryl methyl sites for hydroxylation is 2. The fourth-order valence-electron chi connectivity index (χ4n) is 4.98. The van der Waals surface area contributed by atoms with Crippen LogP contribution in [-0.2, 0) is 16.0 Å². The molecule has 0 fully saturated rings. The van der Waals surface area contributed by atoms with E-state index in [-0.39, 0.29) is 44.4 Å². The Bertz CT molecular complexity index is 1360. The summed E-state index contributed by atoms with van der Waals surface area (Å²) in [5.41, 5.74) is 4.43. The molecule has 2 bridgehead atoms. The smallest absolute Gasteiger partial charge is 0.303 e. The van der Waals surface area contributed by atoms with Gasteiger partial charge in [-0.1, -0.05) is 37.2 Å². The van der Waals surface area contributed by atoms with E-state index < -0.39 is 11.4 Å². The van der Waals surface area contributed by atoms with E-state index in [4.69, 9.17) is 9.26 Å². The van der Waals surface area contributed by atoms with Crippen molar-refractivity contribution in [1.82, 2.24) is 15.4 Å². The van der Waals surface area contributed by atoms with Crippen LogP contribution in [0, 0.1) is 19.3 Å². The third-order valence-corrected chi connectivity index (χ3v) is 6.86. The summed E-state index contributed by atoms with van der Waals surface area (Å²) in [5, 5.41) is 16.2. The number of rotatable bonds is 5. The molecule has 0 aliphatic carbocycles. The molecule has 9 heteroatoms. The summed E-state index contributed by atoms with van der Waals surface area (Å²) in [4.78, 5) is 39.0. The van der Waals surface area contributed by atoms with Gasteiger partial charge in [-0.2, -0.15) is 0 Å². The molecule has 9 nitrogen and oxygen atoms in total. The van der Waals surface area contributed by atoms with Crippen molar-refractivity contribution in [2.75, 3.05) is 26.2 Å². The number of ether oxygens (including phenoxy) is 1. The minimum atomic E-state index is -0.945. The van der Waals surface area contributed by atoms with Crippen molar-refractivity contribution in [1.29, 1.82) is 0 Å². The number of carbonyl (C=O) groups is 3. The highest BCUT2D eigenvalue weighted by Crippen LogP contribution is 2.32. The van der Waals surface area contributed by atoms with E-state index in [1.54, 1.807) is 24.8 Å². The fraction of sp³-hybridized carbons (Fsp3) is 0.400. The maximum Gasteiger partial charge on any atom is 0.303 e.